The summed E-state index contributed by atoms with van der Waals surface area (Å²) in [4.78, 5) is 11.8. The molecule has 15 heavy (non-hydrogen) atoms. The number of rotatable bonds is 2. The molecular formula is C11H13BrN2O. The molecule has 1 rings (SSSR count). The molecule has 4 heteroatoms. The Hall–Kier alpha value is -1.21. The van der Waals surface area contributed by atoms with Gasteiger partial charge in [-0.2, -0.15) is 0 Å². The first kappa shape index (κ1) is 11.9. The zero-order chi connectivity index (χ0) is 11.6. The number of nitrogens with one attached hydrogen (secondary N) is 1. The molecule has 1 amide bonds. The first-order chi connectivity index (χ1) is 6.85. The largest absolute Gasteiger partial charge is 0.345 e. The first-order valence-electron chi connectivity index (χ1n) is 4.48. The van der Waals surface area contributed by atoms with E-state index in [4.69, 9.17) is 6.42 Å². The fraction of sp³-hybridized carbons (Fsp3) is 0.364. The van der Waals surface area contributed by atoms with Gasteiger partial charge in [-0.25, -0.2) is 0 Å². The Morgan fingerprint density at radius 2 is 2.27 bits per heavy atom. The van der Waals surface area contributed by atoms with Crippen molar-refractivity contribution in [3.05, 3.63) is 22.4 Å². The van der Waals surface area contributed by atoms with Gasteiger partial charge in [-0.05, 0) is 35.8 Å². The topological polar surface area (TPSA) is 34.0 Å². The third-order valence-electron chi connectivity index (χ3n) is 1.99. The SMILES string of the molecule is C#CC(C)(C)NC(=O)c1cc(Br)cn1C. The predicted molar refractivity (Wildman–Crippen MR) is 63.5 cm³/mol. The molecule has 1 N–H and O–H groups in total. The van der Waals surface area contributed by atoms with Crippen LogP contribution in [0.1, 0.15) is 24.3 Å². The minimum Gasteiger partial charge on any atom is -0.345 e. The number of hydrogen-bond acceptors (Lipinski definition) is 1. The third kappa shape index (κ3) is 2.87. The van der Waals surface area contributed by atoms with Crippen LogP contribution in [0, 0.1) is 12.3 Å². The second-order valence-electron chi connectivity index (χ2n) is 3.88. The summed E-state index contributed by atoms with van der Waals surface area (Å²) < 4.78 is 2.61. The minimum absolute atomic E-state index is 0.175. The minimum atomic E-state index is -0.631. The molecule has 1 aromatic rings. The Kier molecular flexibility index (Phi) is 3.25. The predicted octanol–water partition coefficient (Wildman–Crippen LogP) is 1.93. The standard InChI is InChI=1S/C11H13BrN2O/c1-5-11(2,3)13-10(15)9-6-8(12)7-14(9)4/h1,6-7H,2-4H3,(H,13,15). The maximum Gasteiger partial charge on any atom is 0.269 e. The average Bonchev–Trinajstić information content (AvgIpc) is 2.45. The molecule has 1 aromatic heterocycles. The van der Waals surface area contributed by atoms with Gasteiger partial charge in [0, 0.05) is 17.7 Å². The zero-order valence-electron chi connectivity index (χ0n) is 8.97. The van der Waals surface area contributed by atoms with E-state index in [1.807, 2.05) is 13.2 Å². The second-order valence-corrected chi connectivity index (χ2v) is 4.79. The van der Waals surface area contributed by atoms with Gasteiger partial charge in [-0.3, -0.25) is 4.79 Å². The number of aromatic nitrogens is 1. The van der Waals surface area contributed by atoms with Crippen LogP contribution in [0.3, 0.4) is 0 Å². The molecule has 0 atom stereocenters. The van der Waals surface area contributed by atoms with E-state index >= 15 is 0 Å². The number of terminal acetylenes is 1. The van der Waals surface area contributed by atoms with Crippen molar-refractivity contribution >= 4 is 21.8 Å². The third-order valence-corrected chi connectivity index (χ3v) is 2.42. The number of hydrogen-bond donors (Lipinski definition) is 1. The van der Waals surface area contributed by atoms with Crippen molar-refractivity contribution < 1.29 is 4.79 Å². The molecule has 0 saturated carbocycles. The maximum atomic E-state index is 11.8. The molecule has 0 unspecified atom stereocenters. The Morgan fingerprint density at radius 3 is 2.67 bits per heavy atom. The summed E-state index contributed by atoms with van der Waals surface area (Å²) in [5.74, 6) is 2.34. The van der Waals surface area contributed by atoms with Crippen LogP contribution in [0.4, 0.5) is 0 Å². The molecule has 0 aliphatic heterocycles. The highest BCUT2D eigenvalue weighted by molar-refractivity contribution is 9.10. The van der Waals surface area contributed by atoms with E-state index in [1.54, 1.807) is 24.5 Å². The van der Waals surface area contributed by atoms with Crippen LogP contribution < -0.4 is 5.32 Å². The molecule has 0 bridgehead atoms. The summed E-state index contributed by atoms with van der Waals surface area (Å²) in [7, 11) is 1.81. The Balaban J connectivity index is 2.88. The summed E-state index contributed by atoms with van der Waals surface area (Å²) in [5, 5.41) is 2.76. The van der Waals surface area contributed by atoms with Gasteiger partial charge in [0.05, 0.1) is 5.54 Å². The molecule has 0 fully saturated rings. The first-order valence-corrected chi connectivity index (χ1v) is 5.27. The van der Waals surface area contributed by atoms with Crippen molar-refractivity contribution in [1.29, 1.82) is 0 Å². The van der Waals surface area contributed by atoms with Gasteiger partial charge in [0.2, 0.25) is 0 Å². The lowest BCUT2D eigenvalue weighted by Gasteiger charge is -2.19. The summed E-state index contributed by atoms with van der Waals surface area (Å²) in [6.07, 6.45) is 7.11. The summed E-state index contributed by atoms with van der Waals surface area (Å²) in [5.41, 5.74) is -0.0569. The van der Waals surface area contributed by atoms with Crippen molar-refractivity contribution in [2.24, 2.45) is 7.05 Å². The number of aryl methyl sites for hydroxylation is 1. The number of halogens is 1. The maximum absolute atomic E-state index is 11.8. The highest BCUT2D eigenvalue weighted by Gasteiger charge is 2.19. The van der Waals surface area contributed by atoms with Gasteiger partial charge in [0.1, 0.15) is 5.69 Å². The summed E-state index contributed by atoms with van der Waals surface area (Å²) in [6, 6.07) is 1.75. The molecule has 0 aliphatic carbocycles. The quantitative estimate of drug-likeness (QED) is 0.818. The van der Waals surface area contributed by atoms with E-state index in [1.165, 1.54) is 0 Å². The fourth-order valence-electron chi connectivity index (χ4n) is 1.13. The van der Waals surface area contributed by atoms with E-state index in [-0.39, 0.29) is 5.91 Å². The van der Waals surface area contributed by atoms with Crippen molar-refractivity contribution in [2.45, 2.75) is 19.4 Å². The van der Waals surface area contributed by atoms with E-state index in [9.17, 15) is 4.79 Å². The fourth-order valence-corrected chi connectivity index (χ4v) is 1.66. The molecule has 3 nitrogen and oxygen atoms in total. The molecule has 0 saturated heterocycles. The van der Waals surface area contributed by atoms with Gasteiger partial charge in [0.25, 0.3) is 5.91 Å². The number of amides is 1. The zero-order valence-corrected chi connectivity index (χ0v) is 10.6. The number of carbonyl (C=O) groups is 1. The smallest absolute Gasteiger partial charge is 0.269 e. The Labute approximate surface area is 98.0 Å². The van der Waals surface area contributed by atoms with E-state index < -0.39 is 5.54 Å². The highest BCUT2D eigenvalue weighted by atomic mass is 79.9. The lowest BCUT2D eigenvalue weighted by molar-refractivity contribution is 0.0921. The molecule has 80 valence electrons. The van der Waals surface area contributed by atoms with Gasteiger partial charge in [-0.1, -0.05) is 5.92 Å². The number of nitrogens with zero attached hydrogens (tertiary/aromatic N) is 1. The van der Waals surface area contributed by atoms with Crippen LogP contribution in [-0.4, -0.2) is 16.0 Å². The van der Waals surface area contributed by atoms with Gasteiger partial charge in [-0.15, -0.1) is 6.42 Å². The van der Waals surface area contributed by atoms with Gasteiger partial charge >= 0.3 is 0 Å². The summed E-state index contributed by atoms with van der Waals surface area (Å²) >= 11 is 3.31. The van der Waals surface area contributed by atoms with E-state index in [2.05, 4.69) is 27.2 Å². The monoisotopic (exact) mass is 268 g/mol. The molecule has 1 heterocycles. The molecule has 0 radical (unpaired) electrons. The average molecular weight is 269 g/mol. The van der Waals surface area contributed by atoms with Crippen molar-refractivity contribution in [3.8, 4) is 12.3 Å². The van der Waals surface area contributed by atoms with Crippen LogP contribution in [0.5, 0.6) is 0 Å². The lowest BCUT2D eigenvalue weighted by Crippen LogP contribution is -2.42. The Bertz CT molecular complexity index is 426. The molecule has 0 spiro atoms. The van der Waals surface area contributed by atoms with Crippen LogP contribution in [0.2, 0.25) is 0 Å². The Morgan fingerprint density at radius 1 is 1.67 bits per heavy atom. The molecular weight excluding hydrogens is 256 g/mol. The summed E-state index contributed by atoms with van der Waals surface area (Å²) in [6.45, 7) is 3.56. The van der Waals surface area contributed by atoms with Gasteiger partial charge < -0.3 is 9.88 Å². The highest BCUT2D eigenvalue weighted by Crippen LogP contribution is 2.14. The van der Waals surface area contributed by atoms with Crippen LogP contribution in [0.25, 0.3) is 0 Å². The molecule has 0 aliphatic rings. The van der Waals surface area contributed by atoms with Crippen molar-refractivity contribution in [2.75, 3.05) is 0 Å². The normalized spacial score (nSPS) is 10.9. The van der Waals surface area contributed by atoms with Gasteiger partial charge in [0.15, 0.2) is 0 Å². The molecule has 0 aromatic carbocycles. The number of carbonyl (C=O) groups excluding carboxylic acids is 1. The van der Waals surface area contributed by atoms with Crippen molar-refractivity contribution in [1.82, 2.24) is 9.88 Å². The van der Waals surface area contributed by atoms with Crippen LogP contribution in [0.15, 0.2) is 16.7 Å². The van der Waals surface area contributed by atoms with Crippen LogP contribution in [-0.2, 0) is 7.05 Å². The second kappa shape index (κ2) is 4.11. The van der Waals surface area contributed by atoms with Crippen molar-refractivity contribution in [3.63, 3.8) is 0 Å². The van der Waals surface area contributed by atoms with E-state index in [0.29, 0.717) is 5.69 Å². The van der Waals surface area contributed by atoms with E-state index in [0.717, 1.165) is 4.47 Å². The lowest BCUT2D eigenvalue weighted by atomic mass is 10.1. The van der Waals surface area contributed by atoms with Crippen LogP contribution >= 0.6 is 15.9 Å².